The van der Waals surface area contributed by atoms with Crippen LogP contribution in [0.5, 0.6) is 5.75 Å². The number of carbonyl (C=O) groups excluding carboxylic acids is 4. The molecule has 0 aliphatic carbocycles. The van der Waals surface area contributed by atoms with E-state index < -0.39 is 53.8 Å². The Morgan fingerprint density at radius 1 is 0.846 bits per heavy atom. The van der Waals surface area contributed by atoms with Crippen LogP contribution < -0.4 is 33.2 Å². The number of amides is 4. The highest BCUT2D eigenvalue weighted by Gasteiger charge is 2.31. The summed E-state index contributed by atoms with van der Waals surface area (Å²) >= 11 is 0. The zero-order valence-electron chi connectivity index (χ0n) is 22.5. The molecule has 13 nitrogen and oxygen atoms in total. The van der Waals surface area contributed by atoms with Gasteiger partial charge in [-0.25, -0.2) is 4.79 Å². The number of benzene rings is 1. The van der Waals surface area contributed by atoms with Gasteiger partial charge in [-0.3, -0.25) is 19.2 Å². The van der Waals surface area contributed by atoms with Crippen LogP contribution in [0.15, 0.2) is 24.3 Å². The van der Waals surface area contributed by atoms with Crippen molar-refractivity contribution in [2.45, 2.75) is 83.0 Å². The van der Waals surface area contributed by atoms with Crippen molar-refractivity contribution in [3.63, 3.8) is 0 Å². The second-order valence-corrected chi connectivity index (χ2v) is 9.92. The lowest BCUT2D eigenvalue weighted by Gasteiger charge is -2.25. The fourth-order valence-corrected chi connectivity index (χ4v) is 3.79. The van der Waals surface area contributed by atoms with Crippen LogP contribution in [0.25, 0.3) is 0 Å². The number of aromatic hydroxyl groups is 1. The first-order valence-electron chi connectivity index (χ1n) is 13.0. The van der Waals surface area contributed by atoms with Gasteiger partial charge in [0, 0.05) is 12.8 Å². The SMILES string of the molecule is CC(C)CC(NC(=O)C(Cc1ccc(O)cc1)NC(=O)C(CCC(N)=O)NC(=O)C(N)CCCCN)C(=O)O. The number of carbonyl (C=O) groups is 5. The highest BCUT2D eigenvalue weighted by molar-refractivity contribution is 5.94. The van der Waals surface area contributed by atoms with E-state index in [4.69, 9.17) is 17.2 Å². The molecule has 39 heavy (non-hydrogen) atoms. The Kier molecular flexibility index (Phi) is 14.5. The summed E-state index contributed by atoms with van der Waals surface area (Å²) in [5.41, 5.74) is 17.2. The Balaban J connectivity index is 3.14. The third kappa shape index (κ3) is 13.1. The topological polar surface area (TPSA) is 240 Å². The Morgan fingerprint density at radius 3 is 1.95 bits per heavy atom. The summed E-state index contributed by atoms with van der Waals surface area (Å²) in [6, 6.07) is 1.36. The van der Waals surface area contributed by atoms with Crippen molar-refractivity contribution in [2.75, 3.05) is 6.54 Å². The summed E-state index contributed by atoms with van der Waals surface area (Å²) in [4.78, 5) is 62.2. The number of nitrogens with two attached hydrogens (primary N) is 3. The van der Waals surface area contributed by atoms with E-state index in [2.05, 4.69) is 16.0 Å². The van der Waals surface area contributed by atoms with Crippen LogP contribution in [-0.2, 0) is 30.4 Å². The quantitative estimate of drug-likeness (QED) is 0.107. The van der Waals surface area contributed by atoms with Gasteiger partial charge in [0.05, 0.1) is 6.04 Å². The molecular weight excluding hydrogens is 508 g/mol. The molecule has 0 aliphatic heterocycles. The molecule has 0 spiro atoms. The molecule has 0 bridgehead atoms. The van der Waals surface area contributed by atoms with E-state index in [1.165, 1.54) is 12.1 Å². The molecule has 0 saturated carbocycles. The average molecular weight is 551 g/mol. The van der Waals surface area contributed by atoms with E-state index in [1.54, 1.807) is 12.1 Å². The van der Waals surface area contributed by atoms with Gasteiger partial charge in [0.25, 0.3) is 0 Å². The minimum Gasteiger partial charge on any atom is -0.508 e. The van der Waals surface area contributed by atoms with E-state index in [0.717, 1.165) is 0 Å². The molecule has 4 atom stereocenters. The van der Waals surface area contributed by atoms with Crippen molar-refractivity contribution in [1.82, 2.24) is 16.0 Å². The first kappa shape index (κ1) is 33.3. The maximum atomic E-state index is 13.3. The van der Waals surface area contributed by atoms with Crippen molar-refractivity contribution in [3.05, 3.63) is 29.8 Å². The van der Waals surface area contributed by atoms with Crippen molar-refractivity contribution in [1.29, 1.82) is 0 Å². The minimum absolute atomic E-state index is 0.00342. The standard InChI is InChI=1S/C26H42N6O7/c1-15(2)13-21(26(38)39)32-25(37)20(14-16-6-8-17(33)9-7-16)31-24(36)19(10-11-22(29)34)30-23(35)18(28)5-3-4-12-27/h6-9,15,18-21,33H,3-5,10-14,27-28H2,1-2H3,(H2,29,34)(H,30,35)(H,31,36)(H,32,37)(H,38,39). The minimum atomic E-state index is -1.23. The van der Waals surface area contributed by atoms with Crippen LogP contribution in [0, 0.1) is 5.92 Å². The Labute approximate surface area is 228 Å². The fraction of sp³-hybridized carbons (Fsp3) is 0.577. The number of primary amides is 1. The van der Waals surface area contributed by atoms with Gasteiger partial charge in [-0.2, -0.15) is 0 Å². The fourth-order valence-electron chi connectivity index (χ4n) is 3.79. The van der Waals surface area contributed by atoms with Crippen LogP contribution in [0.2, 0.25) is 0 Å². The molecule has 0 saturated heterocycles. The van der Waals surface area contributed by atoms with Gasteiger partial charge in [0.2, 0.25) is 23.6 Å². The molecule has 0 heterocycles. The van der Waals surface area contributed by atoms with E-state index in [1.807, 2.05) is 13.8 Å². The summed E-state index contributed by atoms with van der Waals surface area (Å²) in [5, 5.41) is 26.7. The lowest BCUT2D eigenvalue weighted by molar-refractivity contribution is -0.142. The number of hydrogen-bond donors (Lipinski definition) is 8. The van der Waals surface area contributed by atoms with Gasteiger partial charge >= 0.3 is 5.97 Å². The molecule has 13 heteroatoms. The number of carboxylic acids is 1. The number of nitrogens with one attached hydrogen (secondary N) is 3. The van der Waals surface area contributed by atoms with Gasteiger partial charge in [0.15, 0.2) is 0 Å². The second-order valence-electron chi connectivity index (χ2n) is 9.92. The first-order valence-corrected chi connectivity index (χ1v) is 13.0. The largest absolute Gasteiger partial charge is 0.508 e. The van der Waals surface area contributed by atoms with Crippen molar-refractivity contribution >= 4 is 29.6 Å². The molecule has 1 rings (SSSR count). The molecule has 0 aliphatic rings. The van der Waals surface area contributed by atoms with E-state index in [9.17, 15) is 34.2 Å². The number of carboxylic acid groups (broad SMARTS) is 1. The molecule has 1 aromatic rings. The number of aliphatic carboxylic acids is 1. The summed E-state index contributed by atoms with van der Waals surface area (Å²) in [6.45, 7) is 4.07. The monoisotopic (exact) mass is 550 g/mol. The number of phenols is 1. The van der Waals surface area contributed by atoms with Crippen molar-refractivity contribution in [3.8, 4) is 5.75 Å². The van der Waals surface area contributed by atoms with Gasteiger partial charge in [-0.1, -0.05) is 32.4 Å². The zero-order valence-corrected chi connectivity index (χ0v) is 22.5. The van der Waals surface area contributed by atoms with E-state index in [-0.39, 0.29) is 37.4 Å². The van der Waals surface area contributed by atoms with Crippen LogP contribution >= 0.6 is 0 Å². The molecule has 4 unspecified atom stereocenters. The molecular formula is C26H42N6O7. The van der Waals surface area contributed by atoms with E-state index in [0.29, 0.717) is 31.4 Å². The first-order chi connectivity index (χ1) is 18.3. The van der Waals surface area contributed by atoms with E-state index >= 15 is 0 Å². The number of unbranched alkanes of at least 4 members (excludes halogenated alkanes) is 1. The molecule has 218 valence electrons. The van der Waals surface area contributed by atoms with Crippen molar-refractivity contribution in [2.24, 2.45) is 23.1 Å². The number of rotatable bonds is 18. The Bertz CT molecular complexity index is 970. The zero-order chi connectivity index (χ0) is 29.5. The second kappa shape index (κ2) is 17.0. The molecule has 1 aromatic carbocycles. The third-order valence-corrected chi connectivity index (χ3v) is 5.95. The highest BCUT2D eigenvalue weighted by atomic mass is 16.4. The smallest absolute Gasteiger partial charge is 0.326 e. The van der Waals surface area contributed by atoms with Crippen LogP contribution in [0.3, 0.4) is 0 Å². The summed E-state index contributed by atoms with van der Waals surface area (Å²) in [6.07, 6.45) is 1.40. The maximum absolute atomic E-state index is 13.3. The summed E-state index contributed by atoms with van der Waals surface area (Å²) in [5.74, 6) is -4.06. The Morgan fingerprint density at radius 2 is 1.41 bits per heavy atom. The number of hydrogen-bond acceptors (Lipinski definition) is 8. The normalized spacial score (nSPS) is 14.1. The summed E-state index contributed by atoms with van der Waals surface area (Å²) < 4.78 is 0. The third-order valence-electron chi connectivity index (χ3n) is 5.95. The highest BCUT2D eigenvalue weighted by Crippen LogP contribution is 2.13. The van der Waals surface area contributed by atoms with Crippen LogP contribution in [0.1, 0.15) is 57.9 Å². The van der Waals surface area contributed by atoms with Gasteiger partial charge in [0.1, 0.15) is 23.9 Å². The lowest BCUT2D eigenvalue weighted by atomic mass is 10.0. The van der Waals surface area contributed by atoms with Gasteiger partial charge < -0.3 is 43.4 Å². The predicted molar refractivity (Wildman–Crippen MR) is 144 cm³/mol. The number of phenolic OH excluding ortho intramolecular Hbond substituents is 1. The Hall–Kier alpha value is -3.71. The van der Waals surface area contributed by atoms with Crippen LogP contribution in [0.4, 0.5) is 0 Å². The molecule has 0 fully saturated rings. The summed E-state index contributed by atoms with van der Waals surface area (Å²) in [7, 11) is 0. The van der Waals surface area contributed by atoms with Crippen molar-refractivity contribution < 1.29 is 34.2 Å². The van der Waals surface area contributed by atoms with Gasteiger partial charge in [-0.15, -0.1) is 0 Å². The predicted octanol–water partition coefficient (Wildman–Crippen LogP) is -0.758. The molecule has 0 radical (unpaired) electrons. The van der Waals surface area contributed by atoms with Gasteiger partial charge in [-0.05, 0) is 55.8 Å². The molecule has 11 N–H and O–H groups in total. The van der Waals surface area contributed by atoms with Crippen LogP contribution in [-0.4, -0.2) is 70.5 Å². The molecule has 4 amide bonds. The maximum Gasteiger partial charge on any atom is 0.326 e. The average Bonchev–Trinajstić information content (AvgIpc) is 2.86. The lowest BCUT2D eigenvalue weighted by Crippen LogP contribution is -2.57. The molecule has 0 aromatic heterocycles.